The van der Waals surface area contributed by atoms with Crippen LogP contribution in [-0.4, -0.2) is 49.8 Å². The van der Waals surface area contributed by atoms with Gasteiger partial charge in [-0.3, -0.25) is 4.79 Å². The number of morpholine rings is 1. The number of hydrogen-bond donors (Lipinski definition) is 0. The third-order valence-electron chi connectivity index (χ3n) is 5.09. The molecule has 0 unspecified atom stereocenters. The Kier molecular flexibility index (Phi) is 5.95. The molecule has 0 radical (unpaired) electrons. The number of carbonyl (C=O) groups is 2. The Labute approximate surface area is 176 Å². The number of rotatable bonds is 4. The van der Waals surface area contributed by atoms with Crippen LogP contribution in [0.3, 0.4) is 0 Å². The molecule has 0 aromatic heterocycles. The first-order valence-electron chi connectivity index (χ1n) is 10.1. The molecule has 0 atom stereocenters. The fraction of sp³-hybridized carbons (Fsp3) is 0.250. The topological polar surface area (TPSA) is 59.1 Å². The third-order valence-corrected chi connectivity index (χ3v) is 5.09. The van der Waals surface area contributed by atoms with Gasteiger partial charge >= 0.3 is 6.09 Å². The van der Waals surface area contributed by atoms with Gasteiger partial charge in [0.25, 0.3) is 5.91 Å². The third kappa shape index (κ3) is 4.00. The van der Waals surface area contributed by atoms with Gasteiger partial charge in [0.05, 0.1) is 31.1 Å². The van der Waals surface area contributed by atoms with Crippen molar-refractivity contribution < 1.29 is 19.1 Å². The summed E-state index contributed by atoms with van der Waals surface area (Å²) in [4.78, 5) is 29.0. The van der Waals surface area contributed by atoms with Gasteiger partial charge in [0.1, 0.15) is 0 Å². The fourth-order valence-electron chi connectivity index (χ4n) is 3.63. The summed E-state index contributed by atoms with van der Waals surface area (Å²) in [6.45, 7) is 4.86. The van der Waals surface area contributed by atoms with E-state index in [4.69, 9.17) is 9.47 Å². The largest absolute Gasteiger partial charge is 0.449 e. The van der Waals surface area contributed by atoms with Crippen LogP contribution in [0.4, 0.5) is 10.5 Å². The first-order valence-corrected chi connectivity index (χ1v) is 10.1. The number of carbonyl (C=O) groups excluding carboxylic acids is 2. The van der Waals surface area contributed by atoms with Crippen molar-refractivity contribution >= 4 is 28.8 Å². The monoisotopic (exact) mass is 404 g/mol. The summed E-state index contributed by atoms with van der Waals surface area (Å²) in [6, 6.07) is 17.2. The highest BCUT2D eigenvalue weighted by Crippen LogP contribution is 2.38. The average Bonchev–Trinajstić information content (AvgIpc) is 3.06. The number of amides is 2. The molecule has 30 heavy (non-hydrogen) atoms. The van der Waals surface area contributed by atoms with Crippen LogP contribution in [-0.2, 0) is 14.3 Å². The molecule has 6 heteroatoms. The smallest absolute Gasteiger partial charge is 0.421 e. The van der Waals surface area contributed by atoms with Crippen molar-refractivity contribution in [3.63, 3.8) is 0 Å². The van der Waals surface area contributed by atoms with E-state index in [9.17, 15) is 9.59 Å². The van der Waals surface area contributed by atoms with Gasteiger partial charge in [-0.05, 0) is 30.2 Å². The average molecular weight is 404 g/mol. The van der Waals surface area contributed by atoms with Crippen LogP contribution >= 0.6 is 0 Å². The Morgan fingerprint density at radius 3 is 2.50 bits per heavy atom. The van der Waals surface area contributed by atoms with Gasteiger partial charge in [0.2, 0.25) is 0 Å². The number of ether oxygens (including phenoxy) is 2. The van der Waals surface area contributed by atoms with Gasteiger partial charge in [-0.2, -0.15) is 0 Å². The second-order valence-electron chi connectivity index (χ2n) is 7.01. The van der Waals surface area contributed by atoms with Crippen molar-refractivity contribution in [2.45, 2.75) is 6.92 Å². The lowest BCUT2D eigenvalue weighted by molar-refractivity contribution is -0.112. The van der Waals surface area contributed by atoms with Crippen LogP contribution in [0.15, 0.2) is 66.9 Å². The lowest BCUT2D eigenvalue weighted by Gasteiger charge is -2.26. The van der Waals surface area contributed by atoms with Crippen molar-refractivity contribution in [3.05, 3.63) is 78.0 Å². The zero-order valence-corrected chi connectivity index (χ0v) is 16.9. The highest BCUT2D eigenvalue weighted by atomic mass is 16.6. The van der Waals surface area contributed by atoms with Gasteiger partial charge in [-0.1, -0.05) is 48.5 Å². The van der Waals surface area contributed by atoms with Gasteiger partial charge < -0.3 is 14.4 Å². The molecule has 0 saturated carbocycles. The molecule has 6 nitrogen and oxygen atoms in total. The normalized spacial score (nSPS) is 18.0. The number of fused-ring (bicyclic) bond motifs is 1. The predicted octanol–water partition coefficient (Wildman–Crippen LogP) is 3.95. The van der Waals surface area contributed by atoms with E-state index < -0.39 is 6.09 Å². The molecule has 0 N–H and O–H groups in total. The molecular weight excluding hydrogens is 380 g/mol. The Bertz CT molecular complexity index is 991. The molecule has 0 aliphatic carbocycles. The van der Waals surface area contributed by atoms with E-state index in [1.165, 1.54) is 0 Å². The molecule has 1 fully saturated rings. The molecule has 2 aliphatic rings. The molecule has 4 rings (SSSR count). The van der Waals surface area contributed by atoms with Gasteiger partial charge in [-0.25, -0.2) is 9.69 Å². The number of nitrogens with zero attached hydrogens (tertiary/aromatic N) is 2. The van der Waals surface area contributed by atoms with Crippen LogP contribution < -0.4 is 4.90 Å². The minimum absolute atomic E-state index is 0.204. The Balaban J connectivity index is 1.78. The zero-order chi connectivity index (χ0) is 20.9. The number of imide groups is 1. The molecular formula is C24H24N2O4. The quantitative estimate of drug-likeness (QED) is 0.723. The van der Waals surface area contributed by atoms with Crippen LogP contribution in [0.1, 0.15) is 18.1 Å². The van der Waals surface area contributed by atoms with Crippen LogP contribution in [0.2, 0.25) is 0 Å². The number of benzene rings is 2. The summed E-state index contributed by atoms with van der Waals surface area (Å²) in [5.41, 5.74) is 3.64. The van der Waals surface area contributed by atoms with E-state index in [0.29, 0.717) is 24.5 Å². The Hall–Kier alpha value is -3.38. The highest BCUT2D eigenvalue weighted by Gasteiger charge is 2.37. The minimum atomic E-state index is -0.656. The molecule has 1 saturated heterocycles. The second-order valence-corrected chi connectivity index (χ2v) is 7.01. The van der Waals surface area contributed by atoms with Gasteiger partial charge in [-0.15, -0.1) is 0 Å². The molecule has 2 aromatic rings. The molecule has 2 heterocycles. The maximum atomic E-state index is 13.2. The summed E-state index contributed by atoms with van der Waals surface area (Å²) < 4.78 is 10.6. The Morgan fingerprint density at radius 1 is 1.07 bits per heavy atom. The van der Waals surface area contributed by atoms with Crippen molar-refractivity contribution in [1.82, 2.24) is 4.90 Å². The molecule has 2 aromatic carbocycles. The van der Waals surface area contributed by atoms with Crippen molar-refractivity contribution in [1.29, 1.82) is 0 Å². The van der Waals surface area contributed by atoms with Crippen molar-refractivity contribution in [2.75, 3.05) is 37.8 Å². The highest BCUT2D eigenvalue weighted by molar-refractivity contribution is 6.39. The molecule has 0 spiro atoms. The summed E-state index contributed by atoms with van der Waals surface area (Å²) in [7, 11) is 0. The van der Waals surface area contributed by atoms with E-state index in [1.807, 2.05) is 54.6 Å². The molecule has 0 bridgehead atoms. The maximum Gasteiger partial charge on any atom is 0.421 e. The van der Waals surface area contributed by atoms with E-state index in [2.05, 4.69) is 11.1 Å². The number of para-hydroxylation sites is 1. The van der Waals surface area contributed by atoms with Gasteiger partial charge in [0.15, 0.2) is 0 Å². The molecule has 154 valence electrons. The van der Waals surface area contributed by atoms with Crippen LogP contribution in [0.25, 0.3) is 11.1 Å². The van der Waals surface area contributed by atoms with E-state index in [1.54, 1.807) is 13.0 Å². The number of hydrogen-bond acceptors (Lipinski definition) is 5. The first-order chi connectivity index (χ1) is 14.7. The van der Waals surface area contributed by atoms with E-state index >= 15 is 0 Å². The standard InChI is InChI=1S/C24H24N2O4/c1-2-30-24(28)26-22-11-7-6-10-20(22)21(23(26)27)16-19(18-8-4-3-5-9-18)17-25-12-14-29-15-13-25/h3-11,16-17H,2,12-15H2,1H3/b19-17-,21-16+. The first kappa shape index (κ1) is 19.9. The summed E-state index contributed by atoms with van der Waals surface area (Å²) in [6.07, 6.45) is 3.27. The van der Waals surface area contributed by atoms with Crippen LogP contribution in [0, 0.1) is 0 Å². The lowest BCUT2D eigenvalue weighted by atomic mass is 10.00. The summed E-state index contributed by atoms with van der Waals surface area (Å²) >= 11 is 0. The lowest BCUT2D eigenvalue weighted by Crippen LogP contribution is -2.34. The zero-order valence-electron chi connectivity index (χ0n) is 16.9. The van der Waals surface area contributed by atoms with Gasteiger partial charge in [0, 0.05) is 24.9 Å². The maximum absolute atomic E-state index is 13.2. The van der Waals surface area contributed by atoms with E-state index in [0.717, 1.165) is 34.7 Å². The molecule has 2 aliphatic heterocycles. The SMILES string of the molecule is CCOC(=O)N1C(=O)/C(=C/C(=C/N2CCOCC2)c2ccccc2)c2ccccc21. The fourth-order valence-corrected chi connectivity index (χ4v) is 3.63. The molecule has 2 amide bonds. The van der Waals surface area contributed by atoms with Crippen molar-refractivity contribution in [3.8, 4) is 0 Å². The second kappa shape index (κ2) is 8.97. The number of anilines is 1. The van der Waals surface area contributed by atoms with Crippen LogP contribution in [0.5, 0.6) is 0 Å². The van der Waals surface area contributed by atoms with Crippen molar-refractivity contribution in [2.24, 2.45) is 0 Å². The minimum Gasteiger partial charge on any atom is -0.449 e. The van der Waals surface area contributed by atoms with E-state index in [-0.39, 0.29) is 12.5 Å². The summed E-state index contributed by atoms with van der Waals surface area (Å²) in [5, 5.41) is 0. The Morgan fingerprint density at radius 2 is 1.77 bits per heavy atom. The number of allylic oxidation sites excluding steroid dienone is 2. The predicted molar refractivity (Wildman–Crippen MR) is 116 cm³/mol. The summed E-state index contributed by atoms with van der Waals surface area (Å²) in [5.74, 6) is -0.376.